The standard InChI is InChI=1S/C16H25NO4S/c1-5-16(2,3)13-6-8-14(9-7-13)22(18,19)17(4)12-15-20-10-11-21-15/h6-9,15H,5,10-12H2,1-4H3. The van der Waals surface area contributed by atoms with Crippen molar-refractivity contribution < 1.29 is 17.9 Å². The number of ether oxygens (including phenoxy) is 2. The Morgan fingerprint density at radius 1 is 1.18 bits per heavy atom. The van der Waals surface area contributed by atoms with Gasteiger partial charge in [0, 0.05) is 7.05 Å². The number of hydrogen-bond donors (Lipinski definition) is 0. The largest absolute Gasteiger partial charge is 0.349 e. The Hall–Kier alpha value is -0.950. The number of nitrogens with zero attached hydrogens (tertiary/aromatic N) is 1. The van der Waals surface area contributed by atoms with Gasteiger partial charge in [0.1, 0.15) is 0 Å². The molecule has 2 rings (SSSR count). The summed E-state index contributed by atoms with van der Waals surface area (Å²) in [5.74, 6) is 0. The fourth-order valence-corrected chi connectivity index (χ4v) is 3.44. The highest BCUT2D eigenvalue weighted by Gasteiger charge is 2.27. The molecule has 1 heterocycles. The summed E-state index contributed by atoms with van der Waals surface area (Å²) in [6.45, 7) is 7.65. The first-order valence-electron chi connectivity index (χ1n) is 7.57. The molecule has 1 fully saturated rings. The van der Waals surface area contributed by atoms with E-state index in [0.717, 1.165) is 12.0 Å². The molecule has 0 aromatic heterocycles. The van der Waals surface area contributed by atoms with E-state index in [-0.39, 0.29) is 12.0 Å². The Bertz CT molecular complexity index is 589. The Kier molecular flexibility index (Phi) is 5.27. The average molecular weight is 327 g/mol. The summed E-state index contributed by atoms with van der Waals surface area (Å²) >= 11 is 0. The fraction of sp³-hybridized carbons (Fsp3) is 0.625. The Balaban J connectivity index is 2.15. The third-order valence-corrected chi connectivity index (χ3v) is 6.16. The van der Waals surface area contributed by atoms with E-state index in [4.69, 9.17) is 9.47 Å². The first-order valence-corrected chi connectivity index (χ1v) is 9.01. The van der Waals surface area contributed by atoms with E-state index < -0.39 is 16.3 Å². The molecule has 124 valence electrons. The van der Waals surface area contributed by atoms with Crippen LogP contribution in [0.25, 0.3) is 0 Å². The van der Waals surface area contributed by atoms with Crippen LogP contribution in [0, 0.1) is 0 Å². The summed E-state index contributed by atoms with van der Waals surface area (Å²) in [6.07, 6.45) is 0.521. The highest BCUT2D eigenvalue weighted by Crippen LogP contribution is 2.28. The SMILES string of the molecule is CCC(C)(C)c1ccc(S(=O)(=O)N(C)CC2OCCO2)cc1. The molecule has 0 amide bonds. The minimum atomic E-state index is -3.52. The molecule has 1 saturated heterocycles. The predicted molar refractivity (Wildman–Crippen MR) is 85.3 cm³/mol. The highest BCUT2D eigenvalue weighted by molar-refractivity contribution is 7.89. The zero-order valence-electron chi connectivity index (χ0n) is 13.7. The van der Waals surface area contributed by atoms with Crippen LogP contribution in [0.15, 0.2) is 29.2 Å². The third kappa shape index (κ3) is 3.68. The van der Waals surface area contributed by atoms with Crippen LogP contribution in [0.4, 0.5) is 0 Å². The maximum atomic E-state index is 12.6. The molecule has 0 saturated carbocycles. The average Bonchev–Trinajstić information content (AvgIpc) is 3.00. The van der Waals surface area contributed by atoms with Crippen LogP contribution < -0.4 is 0 Å². The fourth-order valence-electron chi connectivity index (χ4n) is 2.28. The van der Waals surface area contributed by atoms with Crippen LogP contribution in [-0.2, 0) is 24.9 Å². The molecule has 0 radical (unpaired) electrons. The molecule has 0 unspecified atom stereocenters. The van der Waals surface area contributed by atoms with Crippen LogP contribution in [0.2, 0.25) is 0 Å². The lowest BCUT2D eigenvalue weighted by Gasteiger charge is -2.24. The zero-order valence-corrected chi connectivity index (χ0v) is 14.5. The minimum Gasteiger partial charge on any atom is -0.349 e. The Morgan fingerprint density at radius 3 is 2.23 bits per heavy atom. The molecule has 5 nitrogen and oxygen atoms in total. The van der Waals surface area contributed by atoms with Crippen LogP contribution in [0.5, 0.6) is 0 Å². The molecule has 0 bridgehead atoms. The maximum absolute atomic E-state index is 12.6. The second kappa shape index (κ2) is 6.66. The van der Waals surface area contributed by atoms with Gasteiger partial charge in [0.25, 0.3) is 0 Å². The van der Waals surface area contributed by atoms with E-state index >= 15 is 0 Å². The van der Waals surface area contributed by atoms with E-state index in [1.165, 1.54) is 4.31 Å². The van der Waals surface area contributed by atoms with Crippen molar-refractivity contribution in [2.24, 2.45) is 0 Å². The number of hydrogen-bond acceptors (Lipinski definition) is 4. The summed E-state index contributed by atoms with van der Waals surface area (Å²) in [5.41, 5.74) is 1.18. The van der Waals surface area contributed by atoms with Gasteiger partial charge in [-0.3, -0.25) is 0 Å². The number of benzene rings is 1. The van der Waals surface area contributed by atoms with Gasteiger partial charge in [-0.1, -0.05) is 32.9 Å². The van der Waals surface area contributed by atoms with Gasteiger partial charge in [0.15, 0.2) is 6.29 Å². The summed E-state index contributed by atoms with van der Waals surface area (Å²) in [5, 5.41) is 0. The van der Waals surface area contributed by atoms with Crippen LogP contribution >= 0.6 is 0 Å². The van der Waals surface area contributed by atoms with Gasteiger partial charge in [-0.2, -0.15) is 4.31 Å². The molecule has 6 heteroatoms. The van der Waals surface area contributed by atoms with E-state index in [2.05, 4.69) is 20.8 Å². The van der Waals surface area contributed by atoms with E-state index in [1.807, 2.05) is 12.1 Å². The third-order valence-electron chi connectivity index (χ3n) is 4.32. The molecular formula is C16H25NO4S. The zero-order chi connectivity index (χ0) is 16.4. The molecule has 0 N–H and O–H groups in total. The van der Waals surface area contributed by atoms with Gasteiger partial charge in [0.2, 0.25) is 10.0 Å². The maximum Gasteiger partial charge on any atom is 0.242 e. The molecule has 22 heavy (non-hydrogen) atoms. The van der Waals surface area contributed by atoms with Crippen molar-refractivity contribution in [3.63, 3.8) is 0 Å². The molecule has 1 aliphatic rings. The number of likely N-dealkylation sites (N-methyl/N-ethyl adjacent to an activating group) is 1. The van der Waals surface area contributed by atoms with Crippen molar-refractivity contribution in [3.05, 3.63) is 29.8 Å². The quantitative estimate of drug-likeness (QED) is 0.805. The number of rotatable bonds is 6. The smallest absolute Gasteiger partial charge is 0.242 e. The van der Waals surface area contributed by atoms with Crippen LogP contribution in [0.3, 0.4) is 0 Å². The summed E-state index contributed by atoms with van der Waals surface area (Å²) in [6, 6.07) is 7.14. The molecule has 1 aromatic carbocycles. The van der Waals surface area contributed by atoms with Gasteiger partial charge in [-0.15, -0.1) is 0 Å². The topological polar surface area (TPSA) is 55.8 Å². The molecule has 0 atom stereocenters. The van der Waals surface area contributed by atoms with Crippen molar-refractivity contribution in [1.82, 2.24) is 4.31 Å². The predicted octanol–water partition coefficient (Wildman–Crippen LogP) is 2.37. The molecule has 1 aliphatic heterocycles. The van der Waals surface area contributed by atoms with Gasteiger partial charge < -0.3 is 9.47 Å². The minimum absolute atomic E-state index is 0.0414. The lowest BCUT2D eigenvalue weighted by Crippen LogP contribution is -2.34. The van der Waals surface area contributed by atoms with Crippen molar-refractivity contribution in [2.75, 3.05) is 26.8 Å². The molecule has 0 spiro atoms. The van der Waals surface area contributed by atoms with Gasteiger partial charge >= 0.3 is 0 Å². The van der Waals surface area contributed by atoms with Crippen molar-refractivity contribution in [3.8, 4) is 0 Å². The number of sulfonamides is 1. The highest BCUT2D eigenvalue weighted by atomic mass is 32.2. The van der Waals surface area contributed by atoms with Crippen molar-refractivity contribution in [2.45, 2.75) is 43.8 Å². The Labute approximate surface area is 133 Å². The lowest BCUT2D eigenvalue weighted by molar-refractivity contribution is -0.0482. The first kappa shape index (κ1) is 17.4. The summed E-state index contributed by atoms with van der Waals surface area (Å²) < 4.78 is 37.0. The van der Waals surface area contributed by atoms with Crippen molar-refractivity contribution >= 4 is 10.0 Å². The summed E-state index contributed by atoms with van der Waals surface area (Å²) in [7, 11) is -1.98. The van der Waals surface area contributed by atoms with Gasteiger partial charge in [-0.25, -0.2) is 8.42 Å². The van der Waals surface area contributed by atoms with Crippen molar-refractivity contribution in [1.29, 1.82) is 0 Å². The lowest BCUT2D eigenvalue weighted by atomic mass is 9.82. The van der Waals surface area contributed by atoms with E-state index in [0.29, 0.717) is 18.1 Å². The van der Waals surface area contributed by atoms with Gasteiger partial charge in [-0.05, 0) is 29.5 Å². The second-order valence-corrected chi connectivity index (χ2v) is 8.26. The second-order valence-electron chi connectivity index (χ2n) is 6.22. The summed E-state index contributed by atoms with van der Waals surface area (Å²) in [4.78, 5) is 0.295. The molecule has 1 aromatic rings. The first-order chi connectivity index (χ1) is 10.3. The Morgan fingerprint density at radius 2 is 1.73 bits per heavy atom. The molecular weight excluding hydrogens is 302 g/mol. The van der Waals surface area contributed by atoms with Crippen LogP contribution in [0.1, 0.15) is 32.8 Å². The van der Waals surface area contributed by atoms with E-state index in [1.54, 1.807) is 19.2 Å². The normalized spacial score (nSPS) is 17.3. The monoisotopic (exact) mass is 327 g/mol. The van der Waals surface area contributed by atoms with Crippen LogP contribution in [-0.4, -0.2) is 45.8 Å². The van der Waals surface area contributed by atoms with Gasteiger partial charge in [0.05, 0.1) is 24.7 Å². The molecule has 0 aliphatic carbocycles. The van der Waals surface area contributed by atoms with E-state index in [9.17, 15) is 8.42 Å².